The number of nitrogens with one attached hydrogen (secondary N) is 1. The standard InChI is InChI=1S/C20H15FN4O4S/c1-9(26)23-19(18(22)27)25-12-7-6-11(20(28)29)16(21)15(12)17(24-25)14-8-10-4-2-3-5-13(10)30-14/h2-8,19H,1H3,(H2,22,27)(H,23,26)(H,28,29). The van der Waals surface area contributed by atoms with E-state index in [4.69, 9.17) is 5.73 Å². The fourth-order valence-electron chi connectivity index (χ4n) is 3.27. The summed E-state index contributed by atoms with van der Waals surface area (Å²) in [5, 5.41) is 16.9. The summed E-state index contributed by atoms with van der Waals surface area (Å²) in [6.07, 6.45) is -1.37. The number of thiophene rings is 1. The summed E-state index contributed by atoms with van der Waals surface area (Å²) in [4.78, 5) is 35.6. The summed E-state index contributed by atoms with van der Waals surface area (Å²) >= 11 is 1.34. The first-order valence-corrected chi connectivity index (χ1v) is 9.59. The number of rotatable bonds is 5. The topological polar surface area (TPSA) is 127 Å². The molecule has 1 unspecified atom stereocenters. The Morgan fingerprint density at radius 1 is 1.23 bits per heavy atom. The van der Waals surface area contributed by atoms with E-state index in [-0.39, 0.29) is 16.6 Å². The van der Waals surface area contributed by atoms with Crippen LogP contribution in [0.15, 0.2) is 42.5 Å². The van der Waals surface area contributed by atoms with Gasteiger partial charge in [0.2, 0.25) is 12.1 Å². The number of benzene rings is 2. The molecule has 0 saturated heterocycles. The third kappa shape index (κ3) is 3.16. The molecule has 4 aromatic rings. The smallest absolute Gasteiger partial charge is 0.338 e. The second-order valence-electron chi connectivity index (χ2n) is 6.57. The van der Waals surface area contributed by atoms with Gasteiger partial charge in [0.05, 0.1) is 21.3 Å². The number of aromatic nitrogens is 2. The maximum Gasteiger partial charge on any atom is 0.338 e. The van der Waals surface area contributed by atoms with Crippen LogP contribution in [0.4, 0.5) is 4.39 Å². The van der Waals surface area contributed by atoms with Gasteiger partial charge in [-0.1, -0.05) is 18.2 Å². The molecule has 4 rings (SSSR count). The average Bonchev–Trinajstić information content (AvgIpc) is 3.27. The van der Waals surface area contributed by atoms with E-state index in [9.17, 15) is 19.5 Å². The van der Waals surface area contributed by atoms with Gasteiger partial charge >= 0.3 is 5.97 Å². The Morgan fingerprint density at radius 2 is 1.97 bits per heavy atom. The van der Waals surface area contributed by atoms with Crippen molar-refractivity contribution >= 4 is 50.1 Å². The van der Waals surface area contributed by atoms with Gasteiger partial charge in [0.25, 0.3) is 5.91 Å². The molecule has 0 radical (unpaired) electrons. The molecule has 0 aliphatic carbocycles. The largest absolute Gasteiger partial charge is 0.478 e. The van der Waals surface area contributed by atoms with E-state index >= 15 is 4.39 Å². The quantitative estimate of drug-likeness (QED) is 0.452. The number of aromatic carboxylic acids is 1. The minimum Gasteiger partial charge on any atom is -0.478 e. The number of halogens is 1. The maximum absolute atomic E-state index is 15.2. The number of carbonyl (C=O) groups excluding carboxylic acids is 2. The normalized spacial score (nSPS) is 12.2. The highest BCUT2D eigenvalue weighted by Gasteiger charge is 2.28. The molecule has 8 nitrogen and oxygen atoms in total. The minimum absolute atomic E-state index is 0.0712. The Hall–Kier alpha value is -3.79. The zero-order valence-electron chi connectivity index (χ0n) is 15.5. The molecule has 0 spiro atoms. The van der Waals surface area contributed by atoms with Gasteiger partial charge in [-0.15, -0.1) is 11.3 Å². The highest BCUT2D eigenvalue weighted by molar-refractivity contribution is 7.22. The number of carboxylic acids is 1. The summed E-state index contributed by atoms with van der Waals surface area (Å²) in [6, 6.07) is 11.7. The summed E-state index contributed by atoms with van der Waals surface area (Å²) in [5.41, 5.74) is 5.19. The summed E-state index contributed by atoms with van der Waals surface area (Å²) in [7, 11) is 0. The van der Waals surface area contributed by atoms with Gasteiger partial charge in [0, 0.05) is 11.6 Å². The molecule has 0 aliphatic rings. The number of carbonyl (C=O) groups is 3. The molecule has 0 bridgehead atoms. The van der Waals surface area contributed by atoms with Gasteiger partial charge in [-0.3, -0.25) is 9.59 Å². The Balaban J connectivity index is 2.05. The van der Waals surface area contributed by atoms with E-state index in [2.05, 4.69) is 10.4 Å². The number of hydrogen-bond donors (Lipinski definition) is 3. The van der Waals surface area contributed by atoms with Crippen molar-refractivity contribution < 1.29 is 23.9 Å². The lowest BCUT2D eigenvalue weighted by molar-refractivity contribution is -0.128. The van der Waals surface area contributed by atoms with E-state index in [1.165, 1.54) is 24.3 Å². The molecule has 2 aromatic heterocycles. The average molecular weight is 426 g/mol. The van der Waals surface area contributed by atoms with E-state index in [1.54, 1.807) is 6.07 Å². The van der Waals surface area contributed by atoms with Crippen molar-refractivity contribution in [3.63, 3.8) is 0 Å². The summed E-state index contributed by atoms with van der Waals surface area (Å²) < 4.78 is 17.3. The van der Waals surface area contributed by atoms with Crippen molar-refractivity contribution in [3.8, 4) is 10.6 Å². The van der Waals surface area contributed by atoms with Crippen molar-refractivity contribution in [3.05, 3.63) is 53.8 Å². The fraction of sp³-hybridized carbons (Fsp3) is 0.100. The molecule has 10 heteroatoms. The molecule has 1 atom stereocenters. The van der Waals surface area contributed by atoms with Gasteiger partial charge in [-0.25, -0.2) is 13.9 Å². The van der Waals surface area contributed by atoms with Gasteiger partial charge in [0.15, 0.2) is 0 Å². The molecule has 0 aliphatic heterocycles. The lowest BCUT2D eigenvalue weighted by Crippen LogP contribution is -2.40. The van der Waals surface area contributed by atoms with Crippen LogP contribution in [-0.4, -0.2) is 32.7 Å². The molecule has 0 fully saturated rings. The predicted molar refractivity (Wildman–Crippen MR) is 110 cm³/mol. The van der Waals surface area contributed by atoms with E-state index < -0.39 is 35.3 Å². The molecule has 2 amide bonds. The number of hydrogen-bond acceptors (Lipinski definition) is 5. The van der Waals surface area contributed by atoms with Crippen LogP contribution in [0.2, 0.25) is 0 Å². The first kappa shape index (κ1) is 19.5. The predicted octanol–water partition coefficient (Wildman–Crippen LogP) is 2.88. The lowest BCUT2D eigenvalue weighted by Gasteiger charge is -2.15. The monoisotopic (exact) mass is 426 g/mol. The fourth-order valence-corrected chi connectivity index (χ4v) is 4.33. The van der Waals surface area contributed by atoms with E-state index in [0.717, 1.165) is 20.8 Å². The molecule has 4 N–H and O–H groups in total. The van der Waals surface area contributed by atoms with Gasteiger partial charge in [0.1, 0.15) is 11.5 Å². The van der Waals surface area contributed by atoms with Crippen LogP contribution in [0.1, 0.15) is 23.4 Å². The Kier molecular flexibility index (Phi) is 4.70. The summed E-state index contributed by atoms with van der Waals surface area (Å²) in [6.45, 7) is 1.21. The Labute approximate surface area is 172 Å². The van der Waals surface area contributed by atoms with Gasteiger partial charge in [-0.2, -0.15) is 5.10 Å². The van der Waals surface area contributed by atoms with Crippen LogP contribution in [-0.2, 0) is 9.59 Å². The number of amides is 2. The Bertz CT molecular complexity index is 1310. The van der Waals surface area contributed by atoms with Crippen LogP contribution in [0.25, 0.3) is 31.6 Å². The minimum atomic E-state index is -1.43. The molecule has 152 valence electrons. The second-order valence-corrected chi connectivity index (χ2v) is 7.66. The van der Waals surface area contributed by atoms with Crippen molar-refractivity contribution in [2.24, 2.45) is 5.73 Å². The molecule has 30 heavy (non-hydrogen) atoms. The van der Waals surface area contributed by atoms with Crippen LogP contribution in [0.5, 0.6) is 0 Å². The third-order valence-electron chi connectivity index (χ3n) is 4.55. The van der Waals surface area contributed by atoms with E-state index in [1.807, 2.05) is 24.3 Å². The van der Waals surface area contributed by atoms with Gasteiger partial charge < -0.3 is 16.2 Å². The highest BCUT2D eigenvalue weighted by atomic mass is 32.1. The zero-order chi connectivity index (χ0) is 21.6. The lowest BCUT2D eigenvalue weighted by atomic mass is 10.1. The number of nitrogens with zero attached hydrogens (tertiary/aromatic N) is 2. The van der Waals surface area contributed by atoms with Crippen LogP contribution >= 0.6 is 11.3 Å². The molecular formula is C20H15FN4O4S. The Morgan fingerprint density at radius 3 is 2.60 bits per heavy atom. The zero-order valence-corrected chi connectivity index (χ0v) is 16.4. The molecule has 2 aromatic carbocycles. The highest BCUT2D eigenvalue weighted by Crippen LogP contribution is 2.38. The second kappa shape index (κ2) is 7.23. The molecular weight excluding hydrogens is 411 g/mol. The van der Waals surface area contributed by atoms with Gasteiger partial charge in [-0.05, 0) is 29.7 Å². The maximum atomic E-state index is 15.2. The molecule has 2 heterocycles. The number of carboxylic acid groups (broad SMARTS) is 1. The van der Waals surface area contributed by atoms with Crippen LogP contribution < -0.4 is 11.1 Å². The number of nitrogens with two attached hydrogens (primary N) is 1. The first-order chi connectivity index (χ1) is 14.3. The van der Waals surface area contributed by atoms with Crippen molar-refractivity contribution in [2.75, 3.05) is 0 Å². The SMILES string of the molecule is CC(=O)NC(C(N)=O)n1nc(-c2cc3ccccc3s2)c2c(F)c(C(=O)O)ccc21. The van der Waals surface area contributed by atoms with Crippen LogP contribution in [0, 0.1) is 5.82 Å². The number of fused-ring (bicyclic) bond motifs is 2. The third-order valence-corrected chi connectivity index (χ3v) is 5.68. The summed E-state index contributed by atoms with van der Waals surface area (Å²) in [5.74, 6) is -3.85. The van der Waals surface area contributed by atoms with E-state index in [0.29, 0.717) is 4.88 Å². The van der Waals surface area contributed by atoms with Crippen molar-refractivity contribution in [2.45, 2.75) is 13.1 Å². The first-order valence-electron chi connectivity index (χ1n) is 8.77. The van der Waals surface area contributed by atoms with Crippen molar-refractivity contribution in [1.29, 1.82) is 0 Å². The van der Waals surface area contributed by atoms with Crippen molar-refractivity contribution in [1.82, 2.24) is 15.1 Å². The number of primary amides is 1. The van der Waals surface area contributed by atoms with Crippen LogP contribution in [0.3, 0.4) is 0 Å². The molecule has 0 saturated carbocycles.